The van der Waals surface area contributed by atoms with Crippen molar-refractivity contribution in [2.24, 2.45) is 5.92 Å². The van der Waals surface area contributed by atoms with Crippen LogP contribution in [0.15, 0.2) is 35.7 Å². The van der Waals surface area contributed by atoms with Crippen LogP contribution in [0, 0.1) is 5.92 Å². The number of rotatable bonds is 4. The summed E-state index contributed by atoms with van der Waals surface area (Å²) in [5, 5.41) is 5.19. The minimum absolute atomic E-state index is 0.100. The van der Waals surface area contributed by atoms with E-state index >= 15 is 0 Å². The van der Waals surface area contributed by atoms with E-state index < -0.39 is 17.8 Å². The number of halogens is 3. The third-order valence-corrected chi connectivity index (χ3v) is 7.37. The molecule has 7 heteroatoms. The number of benzene rings is 1. The zero-order valence-corrected chi connectivity index (χ0v) is 17.9. The molecule has 1 amide bonds. The van der Waals surface area contributed by atoms with Crippen molar-refractivity contribution in [2.75, 3.05) is 6.54 Å². The third-order valence-electron chi connectivity index (χ3n) is 6.34. The highest BCUT2D eigenvalue weighted by molar-refractivity contribution is 7.10. The van der Waals surface area contributed by atoms with Gasteiger partial charge in [-0.05, 0) is 72.7 Å². The number of carbonyl (C=O) groups is 1. The standard InChI is InChI=1S/C23H27F3N2OS/c1-15-5-7-19(8-6-15)27-22(29)21(16-3-2-4-18(13-16)23(24,25)26)28-11-9-20-17(14-28)10-12-30-20/h2-4,10,12-13,15,19,21H,5-9,11,14H2,1H3,(H,27,29). The van der Waals surface area contributed by atoms with Crippen LogP contribution >= 0.6 is 11.3 Å². The van der Waals surface area contributed by atoms with Crippen LogP contribution in [-0.4, -0.2) is 23.4 Å². The summed E-state index contributed by atoms with van der Waals surface area (Å²) in [5.74, 6) is 0.476. The van der Waals surface area contributed by atoms with Crippen molar-refractivity contribution in [3.8, 4) is 0 Å². The van der Waals surface area contributed by atoms with Gasteiger partial charge in [-0.25, -0.2) is 0 Å². The second-order valence-corrected chi connectivity index (χ2v) is 9.58. The lowest BCUT2D eigenvalue weighted by molar-refractivity contribution is -0.138. The molecule has 1 aliphatic carbocycles. The van der Waals surface area contributed by atoms with Gasteiger partial charge in [-0.3, -0.25) is 9.69 Å². The van der Waals surface area contributed by atoms with Crippen molar-refractivity contribution in [1.82, 2.24) is 10.2 Å². The number of fused-ring (bicyclic) bond motifs is 1. The maximum Gasteiger partial charge on any atom is 0.416 e. The maximum atomic E-state index is 13.4. The Morgan fingerprint density at radius 3 is 2.70 bits per heavy atom. The van der Waals surface area contributed by atoms with Gasteiger partial charge in [0.25, 0.3) is 0 Å². The number of amides is 1. The Balaban J connectivity index is 1.61. The van der Waals surface area contributed by atoms with Crippen LogP contribution in [0.3, 0.4) is 0 Å². The predicted octanol–water partition coefficient (Wildman–Crippen LogP) is 5.56. The van der Waals surface area contributed by atoms with Gasteiger partial charge >= 0.3 is 6.18 Å². The van der Waals surface area contributed by atoms with Crippen LogP contribution in [0.5, 0.6) is 0 Å². The Morgan fingerprint density at radius 2 is 1.97 bits per heavy atom. The summed E-state index contributed by atoms with van der Waals surface area (Å²) in [6.45, 7) is 3.45. The van der Waals surface area contributed by atoms with Gasteiger partial charge in [0.1, 0.15) is 6.04 Å². The number of alkyl halides is 3. The van der Waals surface area contributed by atoms with Gasteiger partial charge in [0.15, 0.2) is 0 Å². The molecule has 1 aliphatic heterocycles. The van der Waals surface area contributed by atoms with Gasteiger partial charge in [0, 0.05) is 24.0 Å². The van der Waals surface area contributed by atoms with E-state index in [9.17, 15) is 18.0 Å². The van der Waals surface area contributed by atoms with Crippen molar-refractivity contribution in [2.45, 2.75) is 63.8 Å². The maximum absolute atomic E-state index is 13.4. The topological polar surface area (TPSA) is 32.3 Å². The van der Waals surface area contributed by atoms with Gasteiger partial charge in [-0.15, -0.1) is 11.3 Å². The largest absolute Gasteiger partial charge is 0.416 e. The zero-order valence-electron chi connectivity index (χ0n) is 17.0. The zero-order chi connectivity index (χ0) is 21.3. The summed E-state index contributed by atoms with van der Waals surface area (Å²) in [5.41, 5.74) is 0.866. The Bertz CT molecular complexity index is 887. The molecule has 1 aromatic heterocycles. The fourth-order valence-electron chi connectivity index (χ4n) is 4.59. The fourth-order valence-corrected chi connectivity index (χ4v) is 5.48. The molecule has 2 aromatic rings. The van der Waals surface area contributed by atoms with E-state index in [4.69, 9.17) is 0 Å². The number of nitrogens with one attached hydrogen (secondary N) is 1. The first-order valence-electron chi connectivity index (χ1n) is 10.6. The highest BCUT2D eigenvalue weighted by Crippen LogP contribution is 2.35. The van der Waals surface area contributed by atoms with Gasteiger partial charge in [0.05, 0.1) is 5.56 Å². The smallest absolute Gasteiger partial charge is 0.352 e. The van der Waals surface area contributed by atoms with Crippen molar-refractivity contribution < 1.29 is 18.0 Å². The van der Waals surface area contributed by atoms with E-state index in [0.29, 0.717) is 24.6 Å². The molecule has 1 aromatic carbocycles. The second kappa shape index (κ2) is 8.71. The second-order valence-electron chi connectivity index (χ2n) is 8.58. The molecular formula is C23H27F3N2OS. The molecule has 3 nitrogen and oxygen atoms in total. The van der Waals surface area contributed by atoms with E-state index in [1.54, 1.807) is 17.4 Å². The van der Waals surface area contributed by atoms with Crippen LogP contribution < -0.4 is 5.32 Å². The summed E-state index contributed by atoms with van der Waals surface area (Å²) in [4.78, 5) is 16.7. The molecule has 1 saturated carbocycles. The number of hydrogen-bond donors (Lipinski definition) is 1. The summed E-state index contributed by atoms with van der Waals surface area (Å²) in [6.07, 6.45) is 0.381. The Morgan fingerprint density at radius 1 is 1.20 bits per heavy atom. The first-order valence-corrected chi connectivity index (χ1v) is 11.5. The molecule has 1 atom stereocenters. The number of nitrogens with zero attached hydrogens (tertiary/aromatic N) is 1. The first kappa shape index (κ1) is 21.4. The van der Waals surface area contributed by atoms with E-state index in [-0.39, 0.29) is 11.9 Å². The van der Waals surface area contributed by atoms with Crippen molar-refractivity contribution in [1.29, 1.82) is 0 Å². The normalized spacial score (nSPS) is 23.6. The molecular weight excluding hydrogens is 409 g/mol. The molecule has 0 spiro atoms. The van der Waals surface area contributed by atoms with Crippen LogP contribution in [0.25, 0.3) is 0 Å². The highest BCUT2D eigenvalue weighted by atomic mass is 32.1. The van der Waals surface area contributed by atoms with Crippen LogP contribution in [0.1, 0.15) is 60.2 Å². The number of hydrogen-bond acceptors (Lipinski definition) is 3. The quantitative estimate of drug-likeness (QED) is 0.680. The summed E-state index contributed by atoms with van der Waals surface area (Å²) < 4.78 is 40.0. The lowest BCUT2D eigenvalue weighted by Gasteiger charge is -2.36. The number of carbonyl (C=O) groups excluding carboxylic acids is 1. The first-order chi connectivity index (χ1) is 14.3. The number of thiophene rings is 1. The predicted molar refractivity (Wildman–Crippen MR) is 112 cm³/mol. The van der Waals surface area contributed by atoms with E-state index in [1.165, 1.54) is 16.5 Å². The van der Waals surface area contributed by atoms with Crippen LogP contribution in [-0.2, 0) is 23.9 Å². The van der Waals surface area contributed by atoms with Crippen molar-refractivity contribution in [3.05, 3.63) is 57.3 Å². The van der Waals surface area contributed by atoms with Gasteiger partial charge in [-0.1, -0.05) is 19.1 Å². The molecule has 30 heavy (non-hydrogen) atoms. The average molecular weight is 437 g/mol. The summed E-state index contributed by atoms with van der Waals surface area (Å²) in [7, 11) is 0. The van der Waals surface area contributed by atoms with Crippen molar-refractivity contribution in [3.63, 3.8) is 0 Å². The molecule has 2 heterocycles. The Kier molecular flexibility index (Phi) is 6.21. The monoisotopic (exact) mass is 436 g/mol. The average Bonchev–Trinajstić information content (AvgIpc) is 3.17. The van der Waals surface area contributed by atoms with E-state index in [2.05, 4.69) is 18.3 Å². The molecule has 4 rings (SSSR count). The van der Waals surface area contributed by atoms with Crippen LogP contribution in [0.2, 0.25) is 0 Å². The van der Waals surface area contributed by atoms with Gasteiger partial charge in [0.2, 0.25) is 5.91 Å². The van der Waals surface area contributed by atoms with Gasteiger partial charge < -0.3 is 5.32 Å². The Labute approximate surface area is 179 Å². The summed E-state index contributed by atoms with van der Waals surface area (Å²) >= 11 is 1.70. The van der Waals surface area contributed by atoms with Gasteiger partial charge in [-0.2, -0.15) is 13.2 Å². The fraction of sp³-hybridized carbons (Fsp3) is 0.522. The van der Waals surface area contributed by atoms with E-state index in [1.807, 2.05) is 10.3 Å². The summed E-state index contributed by atoms with van der Waals surface area (Å²) in [6, 6.07) is 6.68. The minimum atomic E-state index is -4.43. The molecule has 1 fully saturated rings. The lowest BCUT2D eigenvalue weighted by atomic mass is 9.87. The highest BCUT2D eigenvalue weighted by Gasteiger charge is 2.35. The molecule has 1 unspecified atom stereocenters. The lowest BCUT2D eigenvalue weighted by Crippen LogP contribution is -2.46. The Hall–Kier alpha value is -1.86. The molecule has 2 aliphatic rings. The van der Waals surface area contributed by atoms with Crippen LogP contribution in [0.4, 0.5) is 13.2 Å². The molecule has 0 saturated heterocycles. The van der Waals surface area contributed by atoms with Crippen molar-refractivity contribution >= 4 is 17.2 Å². The minimum Gasteiger partial charge on any atom is -0.352 e. The third kappa shape index (κ3) is 4.72. The SMILES string of the molecule is CC1CCC(NC(=O)C(c2cccc(C(F)(F)F)c2)N2CCc3sccc3C2)CC1. The van der Waals surface area contributed by atoms with E-state index in [0.717, 1.165) is 44.2 Å². The molecule has 0 bridgehead atoms. The molecule has 162 valence electrons. The molecule has 1 N–H and O–H groups in total. The molecule has 0 radical (unpaired) electrons.